The number of aliphatic carboxylic acids is 2. The summed E-state index contributed by atoms with van der Waals surface area (Å²) in [5, 5.41) is 31.7. The smallest absolute Gasteiger partial charge is 0.346 e. The molecule has 2 aromatic heterocycles. The van der Waals surface area contributed by atoms with Crippen molar-refractivity contribution in [3.8, 4) is 28.6 Å². The Morgan fingerprint density at radius 1 is 0.571 bits per heavy atom. The van der Waals surface area contributed by atoms with Crippen molar-refractivity contribution in [1.29, 1.82) is 5.26 Å². The van der Waals surface area contributed by atoms with Crippen LogP contribution in [0.3, 0.4) is 0 Å². The first-order valence-corrected chi connectivity index (χ1v) is 17.6. The normalized spacial score (nSPS) is 12.2. The molecule has 0 saturated heterocycles. The molecular formula is C48H30N4O4. The molecule has 0 radical (unpaired) electrons. The summed E-state index contributed by atoms with van der Waals surface area (Å²) in [6.07, 6.45) is 9.37. The molecule has 8 aromatic rings. The van der Waals surface area contributed by atoms with E-state index in [0.717, 1.165) is 77.2 Å². The first kappa shape index (κ1) is 34.9. The fourth-order valence-electron chi connectivity index (χ4n) is 7.17. The van der Waals surface area contributed by atoms with Crippen LogP contribution in [0.1, 0.15) is 11.1 Å². The van der Waals surface area contributed by atoms with Gasteiger partial charge < -0.3 is 19.3 Å². The largest absolute Gasteiger partial charge is 0.486 e. The Morgan fingerprint density at radius 2 is 1.02 bits per heavy atom. The summed E-state index contributed by atoms with van der Waals surface area (Å²) in [4.78, 5) is 25.4. The van der Waals surface area contributed by atoms with Crippen molar-refractivity contribution in [1.82, 2.24) is 9.13 Å². The Bertz CT molecular complexity index is 2880. The summed E-state index contributed by atoms with van der Waals surface area (Å²) in [6.45, 7) is 7.06. The van der Waals surface area contributed by atoms with Gasteiger partial charge in [0.15, 0.2) is 0 Å². The highest BCUT2D eigenvalue weighted by atomic mass is 16.4. The average Bonchev–Trinajstić information content (AvgIpc) is 3.73. The van der Waals surface area contributed by atoms with E-state index in [1.54, 1.807) is 30.4 Å². The molecule has 0 bridgehead atoms. The van der Waals surface area contributed by atoms with Crippen LogP contribution in [0.5, 0.6) is 0 Å². The molecule has 56 heavy (non-hydrogen) atoms. The standard InChI is InChI=1S/C48H30N4O4/c1-50-42(48(55)56)13-7-9-32-17-27-46-41(29-32)39-12-3-5-15-44(39)52(46)37-24-20-34(21-25-37)33-18-22-36(23-19-33)51-43-14-4-2-11-38(43)40-28-31(16-26-45(40)51)8-6-10-35(30-49)47(53)54/h2-29H,(H,53,54)(H,55,56)/b8-6+,9-7?,35-10+,42-13?. The second kappa shape index (κ2) is 14.7. The lowest BCUT2D eigenvalue weighted by Crippen LogP contribution is -1.96. The number of nitriles is 1. The van der Waals surface area contributed by atoms with E-state index in [9.17, 15) is 9.59 Å². The average molecular weight is 727 g/mol. The summed E-state index contributed by atoms with van der Waals surface area (Å²) < 4.78 is 4.48. The maximum Gasteiger partial charge on any atom is 0.346 e. The third-order valence-electron chi connectivity index (χ3n) is 9.76. The molecule has 6 aromatic carbocycles. The number of hydrogen-bond donors (Lipinski definition) is 2. The molecule has 0 aliphatic carbocycles. The van der Waals surface area contributed by atoms with Crippen molar-refractivity contribution in [3.05, 3.63) is 192 Å². The molecule has 0 aliphatic heterocycles. The van der Waals surface area contributed by atoms with Gasteiger partial charge in [-0.2, -0.15) is 5.26 Å². The zero-order valence-corrected chi connectivity index (χ0v) is 29.7. The van der Waals surface area contributed by atoms with Crippen molar-refractivity contribution >= 4 is 67.7 Å². The third-order valence-corrected chi connectivity index (χ3v) is 9.76. The van der Waals surface area contributed by atoms with Gasteiger partial charge in [0.1, 0.15) is 11.6 Å². The van der Waals surface area contributed by atoms with E-state index in [0.29, 0.717) is 0 Å². The molecule has 266 valence electrons. The van der Waals surface area contributed by atoms with E-state index in [1.807, 2.05) is 36.4 Å². The fourth-order valence-corrected chi connectivity index (χ4v) is 7.17. The van der Waals surface area contributed by atoms with Gasteiger partial charge in [-0.25, -0.2) is 9.64 Å². The summed E-state index contributed by atoms with van der Waals surface area (Å²) in [5.41, 5.74) is 9.54. The number of benzene rings is 6. The van der Waals surface area contributed by atoms with Crippen LogP contribution in [0.4, 0.5) is 0 Å². The number of fused-ring (bicyclic) bond motifs is 6. The van der Waals surface area contributed by atoms with Crippen molar-refractivity contribution in [3.63, 3.8) is 0 Å². The van der Waals surface area contributed by atoms with Crippen molar-refractivity contribution in [2.24, 2.45) is 0 Å². The number of nitrogens with zero attached hydrogens (tertiary/aromatic N) is 4. The minimum Gasteiger partial charge on any atom is -0.486 e. The van der Waals surface area contributed by atoms with Crippen LogP contribution in [-0.2, 0) is 9.59 Å². The van der Waals surface area contributed by atoms with E-state index in [2.05, 4.69) is 111 Å². The lowest BCUT2D eigenvalue weighted by atomic mass is 10.0. The molecule has 0 fully saturated rings. The second-order valence-corrected chi connectivity index (χ2v) is 13.0. The summed E-state index contributed by atoms with van der Waals surface area (Å²) in [5.74, 6) is -2.51. The van der Waals surface area contributed by atoms with Crippen LogP contribution in [0.25, 0.3) is 83.1 Å². The van der Waals surface area contributed by atoms with Gasteiger partial charge in [0, 0.05) is 32.9 Å². The molecule has 8 heteroatoms. The van der Waals surface area contributed by atoms with Crippen molar-refractivity contribution < 1.29 is 19.8 Å². The molecule has 2 N–H and O–H groups in total. The van der Waals surface area contributed by atoms with Gasteiger partial charge in [0.2, 0.25) is 0 Å². The third kappa shape index (κ3) is 6.40. The maximum atomic E-state index is 11.2. The number of para-hydroxylation sites is 2. The molecule has 0 aliphatic rings. The fraction of sp³-hybridized carbons (Fsp3) is 0. The Kier molecular flexibility index (Phi) is 9.13. The molecular weight excluding hydrogens is 697 g/mol. The predicted octanol–water partition coefficient (Wildman–Crippen LogP) is 11.0. The van der Waals surface area contributed by atoms with Crippen molar-refractivity contribution in [2.75, 3.05) is 0 Å². The van der Waals surface area contributed by atoms with Gasteiger partial charge in [-0.05, 0) is 95.1 Å². The molecule has 8 rings (SSSR count). The Morgan fingerprint density at radius 3 is 1.45 bits per heavy atom. The second-order valence-electron chi connectivity index (χ2n) is 13.0. The van der Waals surface area contributed by atoms with E-state index < -0.39 is 11.9 Å². The highest BCUT2D eigenvalue weighted by Gasteiger charge is 2.15. The van der Waals surface area contributed by atoms with Crippen LogP contribution in [0.2, 0.25) is 0 Å². The number of hydrogen-bond acceptors (Lipinski definition) is 3. The van der Waals surface area contributed by atoms with Crippen LogP contribution >= 0.6 is 0 Å². The lowest BCUT2D eigenvalue weighted by molar-refractivity contribution is -0.133. The first-order chi connectivity index (χ1) is 27.3. The minimum atomic E-state index is -1.26. The number of carboxylic acid groups (broad SMARTS) is 2. The Balaban J connectivity index is 1.10. The molecule has 8 nitrogen and oxygen atoms in total. The van der Waals surface area contributed by atoms with E-state index in [1.165, 1.54) is 12.2 Å². The monoisotopic (exact) mass is 726 g/mol. The SMILES string of the molecule is [C-]#[N+]C(=CC=Cc1ccc2c(c1)c1ccccc1n2-c1ccc(-c2ccc(-n3c4ccccc4c4cc(/C=C/C=C(\C#N)C(=O)O)ccc43)cc2)cc1)C(=O)O. The number of rotatable bonds is 9. The first-order valence-electron chi connectivity index (χ1n) is 17.6. The van der Waals surface area contributed by atoms with Gasteiger partial charge >= 0.3 is 11.9 Å². The van der Waals surface area contributed by atoms with Crippen LogP contribution < -0.4 is 0 Å². The quantitative estimate of drug-likeness (QED) is 0.0665. The van der Waals surface area contributed by atoms with Gasteiger partial charge in [0.25, 0.3) is 5.70 Å². The van der Waals surface area contributed by atoms with E-state index in [-0.39, 0.29) is 11.3 Å². The van der Waals surface area contributed by atoms with Crippen molar-refractivity contribution in [2.45, 2.75) is 0 Å². The summed E-state index contributed by atoms with van der Waals surface area (Å²) in [6, 6.07) is 47.5. The molecule has 0 amide bonds. The lowest BCUT2D eigenvalue weighted by Gasteiger charge is -2.11. The van der Waals surface area contributed by atoms with Crippen LogP contribution in [-0.4, -0.2) is 31.3 Å². The van der Waals surface area contributed by atoms with Gasteiger partial charge in [0.05, 0.1) is 28.6 Å². The van der Waals surface area contributed by atoms with E-state index >= 15 is 0 Å². The van der Waals surface area contributed by atoms with Gasteiger partial charge in [-0.15, -0.1) is 0 Å². The Hall–Kier alpha value is -8.20. The van der Waals surface area contributed by atoms with Gasteiger partial charge in [-0.3, -0.25) is 4.79 Å². The summed E-state index contributed by atoms with van der Waals surface area (Å²) >= 11 is 0. The van der Waals surface area contributed by atoms with Crippen LogP contribution in [0, 0.1) is 17.9 Å². The Labute approximate surface area is 321 Å². The predicted molar refractivity (Wildman–Crippen MR) is 222 cm³/mol. The number of allylic oxidation sites excluding steroid dienone is 4. The molecule has 0 saturated carbocycles. The number of aromatic nitrogens is 2. The number of carboxylic acids is 2. The number of carbonyl (C=O) groups is 2. The highest BCUT2D eigenvalue weighted by molar-refractivity contribution is 6.11. The maximum absolute atomic E-state index is 11.2. The molecule has 0 spiro atoms. The molecule has 0 atom stereocenters. The minimum absolute atomic E-state index is 0.324. The summed E-state index contributed by atoms with van der Waals surface area (Å²) in [7, 11) is 0. The zero-order chi connectivity index (χ0) is 38.8. The van der Waals surface area contributed by atoms with Gasteiger partial charge in [-0.1, -0.05) is 97.1 Å². The highest BCUT2D eigenvalue weighted by Crippen LogP contribution is 2.36. The van der Waals surface area contributed by atoms with E-state index in [4.69, 9.17) is 22.0 Å². The molecule has 0 unspecified atom stereocenters. The zero-order valence-electron chi connectivity index (χ0n) is 29.7. The van der Waals surface area contributed by atoms with Crippen LogP contribution in [0.15, 0.2) is 169 Å². The topological polar surface area (TPSA) is 113 Å². The molecule has 2 heterocycles.